The number of amides is 2. The van der Waals surface area contributed by atoms with Gasteiger partial charge in [0.2, 0.25) is 11.8 Å². The van der Waals surface area contributed by atoms with E-state index >= 15 is 0 Å². The van der Waals surface area contributed by atoms with Crippen molar-refractivity contribution in [3.8, 4) is 0 Å². The van der Waals surface area contributed by atoms with Gasteiger partial charge in [0.25, 0.3) is 10.0 Å². The molecule has 3 rings (SSSR count). The van der Waals surface area contributed by atoms with E-state index in [4.69, 9.17) is 0 Å². The first-order valence-corrected chi connectivity index (χ1v) is 14.9. The van der Waals surface area contributed by atoms with Crippen LogP contribution in [0.1, 0.15) is 50.3 Å². The van der Waals surface area contributed by atoms with Crippen molar-refractivity contribution in [3.63, 3.8) is 0 Å². The highest BCUT2D eigenvalue weighted by Crippen LogP contribution is 2.26. The number of carbonyl (C=O) groups is 2. The number of carbonyl (C=O) groups excluding carboxylic acids is 2. The molecule has 0 saturated carbocycles. The van der Waals surface area contributed by atoms with E-state index in [1.807, 2.05) is 58.9 Å². The first-order chi connectivity index (χ1) is 19.0. The Morgan fingerprint density at radius 2 is 1.52 bits per heavy atom. The third-order valence-corrected chi connectivity index (χ3v) is 8.78. The van der Waals surface area contributed by atoms with E-state index in [0.29, 0.717) is 6.42 Å². The molecular formula is C31H38FN3O4S. The molecule has 0 bridgehead atoms. The Balaban J connectivity index is 2.06. The fraction of sp³-hybridized carbons (Fsp3) is 0.355. The Kier molecular flexibility index (Phi) is 10.5. The SMILES string of the molecule is CC[C@@H](C)NC(=O)[C@@H](CC)N(Cc1ccccc1C)C(=O)CN(c1ccc(F)cc1)S(=O)(=O)c1ccc(C)cc1. The second-order valence-electron chi connectivity index (χ2n) is 9.99. The molecular weight excluding hydrogens is 529 g/mol. The van der Waals surface area contributed by atoms with Crippen molar-refractivity contribution in [1.82, 2.24) is 10.2 Å². The van der Waals surface area contributed by atoms with Gasteiger partial charge in [0, 0.05) is 12.6 Å². The van der Waals surface area contributed by atoms with E-state index in [2.05, 4.69) is 5.32 Å². The number of nitrogens with one attached hydrogen (secondary N) is 1. The van der Waals surface area contributed by atoms with Crippen molar-refractivity contribution in [2.45, 2.75) is 71.0 Å². The minimum Gasteiger partial charge on any atom is -0.352 e. The van der Waals surface area contributed by atoms with Crippen LogP contribution in [0.25, 0.3) is 0 Å². The monoisotopic (exact) mass is 567 g/mol. The average Bonchev–Trinajstić information content (AvgIpc) is 2.93. The lowest BCUT2D eigenvalue weighted by atomic mass is 10.1. The summed E-state index contributed by atoms with van der Waals surface area (Å²) in [5.41, 5.74) is 2.81. The quantitative estimate of drug-likeness (QED) is 0.319. The van der Waals surface area contributed by atoms with E-state index < -0.39 is 34.3 Å². The molecule has 0 fully saturated rings. The molecule has 7 nitrogen and oxygen atoms in total. The number of nitrogens with zero attached hydrogens (tertiary/aromatic N) is 2. The van der Waals surface area contributed by atoms with Crippen LogP contribution in [0.4, 0.5) is 10.1 Å². The Morgan fingerprint density at radius 3 is 2.10 bits per heavy atom. The lowest BCUT2D eigenvalue weighted by molar-refractivity contribution is -0.140. The maximum absolute atomic E-state index is 14.1. The van der Waals surface area contributed by atoms with Crippen LogP contribution >= 0.6 is 0 Å². The standard InChI is InChI=1S/C31H38FN3O4S/c1-6-24(5)33-31(37)29(7-2)34(20-25-11-9-8-10-23(25)4)30(36)21-35(27-16-14-26(32)15-17-27)40(38,39)28-18-12-22(3)13-19-28/h8-19,24,29H,6-7,20-21H2,1-5H3,(H,33,37)/t24-,29-/m1/s1. The van der Waals surface area contributed by atoms with Crippen LogP contribution in [0.5, 0.6) is 0 Å². The molecule has 2 atom stereocenters. The average molecular weight is 568 g/mol. The molecule has 1 N–H and O–H groups in total. The van der Waals surface area contributed by atoms with Gasteiger partial charge in [-0.25, -0.2) is 12.8 Å². The summed E-state index contributed by atoms with van der Waals surface area (Å²) in [5, 5.41) is 2.96. The number of rotatable bonds is 12. The third-order valence-electron chi connectivity index (χ3n) is 6.99. The van der Waals surface area contributed by atoms with Crippen LogP contribution < -0.4 is 9.62 Å². The summed E-state index contributed by atoms with van der Waals surface area (Å²) in [6, 6.07) is 17.9. The zero-order chi connectivity index (χ0) is 29.4. The Morgan fingerprint density at radius 1 is 0.900 bits per heavy atom. The number of benzene rings is 3. The van der Waals surface area contributed by atoms with E-state index in [1.165, 1.54) is 29.2 Å². The largest absolute Gasteiger partial charge is 0.352 e. The first kappa shape index (κ1) is 30.8. The number of aryl methyl sites for hydroxylation is 2. The van der Waals surface area contributed by atoms with Crippen LogP contribution in [0.3, 0.4) is 0 Å². The van der Waals surface area contributed by atoms with Gasteiger partial charge >= 0.3 is 0 Å². The predicted molar refractivity (Wildman–Crippen MR) is 156 cm³/mol. The predicted octanol–water partition coefficient (Wildman–Crippen LogP) is 5.36. The van der Waals surface area contributed by atoms with Gasteiger partial charge in [0.05, 0.1) is 10.6 Å². The maximum atomic E-state index is 14.1. The van der Waals surface area contributed by atoms with E-state index in [9.17, 15) is 22.4 Å². The van der Waals surface area contributed by atoms with Crippen molar-refractivity contribution < 1.29 is 22.4 Å². The summed E-state index contributed by atoms with van der Waals surface area (Å²) in [5.74, 6) is -1.38. The Hall–Kier alpha value is -3.72. The first-order valence-electron chi connectivity index (χ1n) is 13.5. The van der Waals surface area contributed by atoms with E-state index in [0.717, 1.165) is 39.5 Å². The summed E-state index contributed by atoms with van der Waals surface area (Å²) in [7, 11) is -4.21. The number of hydrogen-bond acceptors (Lipinski definition) is 4. The summed E-state index contributed by atoms with van der Waals surface area (Å²) < 4.78 is 42.4. The fourth-order valence-corrected chi connectivity index (χ4v) is 5.72. The highest BCUT2D eigenvalue weighted by atomic mass is 32.2. The normalized spacial score (nSPS) is 12.8. The molecule has 0 aliphatic heterocycles. The molecule has 3 aromatic rings. The molecule has 0 aliphatic rings. The minimum atomic E-state index is -4.21. The molecule has 0 aromatic heterocycles. The molecule has 0 saturated heterocycles. The summed E-state index contributed by atoms with van der Waals surface area (Å²) in [4.78, 5) is 28.8. The van der Waals surface area contributed by atoms with Gasteiger partial charge in [-0.05, 0) is 81.1 Å². The van der Waals surface area contributed by atoms with Gasteiger partial charge < -0.3 is 10.2 Å². The molecule has 9 heteroatoms. The number of hydrogen-bond donors (Lipinski definition) is 1. The highest BCUT2D eigenvalue weighted by molar-refractivity contribution is 7.92. The molecule has 0 radical (unpaired) electrons. The van der Waals surface area contributed by atoms with E-state index in [1.54, 1.807) is 12.1 Å². The van der Waals surface area contributed by atoms with Crippen LogP contribution in [0.2, 0.25) is 0 Å². The van der Waals surface area contributed by atoms with Crippen LogP contribution in [-0.2, 0) is 26.2 Å². The van der Waals surface area contributed by atoms with Gasteiger partial charge in [-0.1, -0.05) is 55.8 Å². The maximum Gasteiger partial charge on any atom is 0.264 e. The van der Waals surface area contributed by atoms with Crippen molar-refractivity contribution >= 4 is 27.5 Å². The number of anilines is 1. The third kappa shape index (κ3) is 7.47. The second kappa shape index (κ2) is 13.6. The molecule has 0 heterocycles. The number of sulfonamides is 1. The molecule has 0 aliphatic carbocycles. The van der Waals surface area contributed by atoms with Crippen molar-refractivity contribution in [2.75, 3.05) is 10.8 Å². The van der Waals surface area contributed by atoms with E-state index in [-0.39, 0.29) is 29.1 Å². The second-order valence-corrected chi connectivity index (χ2v) is 11.9. The summed E-state index contributed by atoms with van der Waals surface area (Å²) in [6.07, 6.45) is 1.06. The van der Waals surface area contributed by atoms with Crippen molar-refractivity contribution in [2.24, 2.45) is 0 Å². The van der Waals surface area contributed by atoms with Gasteiger partial charge in [0.1, 0.15) is 18.4 Å². The van der Waals surface area contributed by atoms with Gasteiger partial charge in [0.15, 0.2) is 0 Å². The van der Waals surface area contributed by atoms with Crippen molar-refractivity contribution in [1.29, 1.82) is 0 Å². The van der Waals surface area contributed by atoms with Crippen molar-refractivity contribution in [3.05, 3.63) is 95.3 Å². The van der Waals surface area contributed by atoms with Crippen LogP contribution in [0, 0.1) is 19.7 Å². The molecule has 40 heavy (non-hydrogen) atoms. The summed E-state index contributed by atoms with van der Waals surface area (Å²) in [6.45, 7) is 8.99. The zero-order valence-electron chi connectivity index (χ0n) is 23.7. The topological polar surface area (TPSA) is 86.8 Å². The van der Waals surface area contributed by atoms with Gasteiger partial charge in [-0.3, -0.25) is 13.9 Å². The summed E-state index contributed by atoms with van der Waals surface area (Å²) >= 11 is 0. The lowest BCUT2D eigenvalue weighted by Gasteiger charge is -2.34. The molecule has 0 spiro atoms. The van der Waals surface area contributed by atoms with Gasteiger partial charge in [-0.15, -0.1) is 0 Å². The highest BCUT2D eigenvalue weighted by Gasteiger charge is 2.34. The molecule has 0 unspecified atom stereocenters. The van der Waals surface area contributed by atoms with Crippen LogP contribution in [-0.4, -0.2) is 43.8 Å². The fourth-order valence-electron chi connectivity index (χ4n) is 4.31. The smallest absolute Gasteiger partial charge is 0.264 e. The molecule has 214 valence electrons. The zero-order valence-corrected chi connectivity index (χ0v) is 24.5. The molecule has 3 aromatic carbocycles. The minimum absolute atomic E-state index is 0.00207. The number of halogens is 1. The Labute approximate surface area is 237 Å². The molecule has 2 amide bonds. The lowest BCUT2D eigenvalue weighted by Crippen LogP contribution is -2.53. The van der Waals surface area contributed by atoms with Crippen LogP contribution in [0.15, 0.2) is 77.7 Å². The van der Waals surface area contributed by atoms with Gasteiger partial charge in [-0.2, -0.15) is 0 Å². The Bertz CT molecular complexity index is 1410.